The summed E-state index contributed by atoms with van der Waals surface area (Å²) in [7, 11) is 0. The van der Waals surface area contributed by atoms with E-state index in [0.717, 1.165) is 0 Å². The van der Waals surface area contributed by atoms with Crippen molar-refractivity contribution in [2.24, 2.45) is 0 Å². The number of aromatic nitrogens is 2. The first-order chi connectivity index (χ1) is 6.56. The van der Waals surface area contributed by atoms with E-state index in [9.17, 15) is 4.79 Å². The fraction of sp³-hybridized carbons (Fsp3) is 0.600. The van der Waals surface area contributed by atoms with Crippen LogP contribution in [0.25, 0.3) is 0 Å². The highest BCUT2D eigenvalue weighted by Crippen LogP contribution is 2.05. The van der Waals surface area contributed by atoms with Crippen LogP contribution in [0.5, 0.6) is 0 Å². The fourth-order valence-corrected chi connectivity index (χ4v) is 0.904. The molecule has 1 N–H and O–H groups in total. The number of hydrogen-bond acceptors (Lipinski definition) is 2. The number of rotatable bonds is 1. The van der Waals surface area contributed by atoms with E-state index in [2.05, 4.69) is 23.8 Å². The molecule has 0 unspecified atom stereocenters. The van der Waals surface area contributed by atoms with Crippen molar-refractivity contribution in [3.8, 4) is 0 Å². The molecule has 3 nitrogen and oxygen atoms in total. The van der Waals surface area contributed by atoms with Crippen LogP contribution in [0.1, 0.15) is 38.6 Å². The van der Waals surface area contributed by atoms with Crippen LogP contribution >= 0.6 is 11.6 Å². The second-order valence-corrected chi connectivity index (χ2v) is 3.35. The van der Waals surface area contributed by atoms with E-state index in [1.165, 1.54) is 6.42 Å². The molecule has 14 heavy (non-hydrogen) atoms. The SMILES string of the molecule is CCC.CCc1nc(Cl)c(C)c(=O)[nH]1. The molecule has 1 heterocycles. The highest BCUT2D eigenvalue weighted by molar-refractivity contribution is 6.30. The maximum absolute atomic E-state index is 11.0. The summed E-state index contributed by atoms with van der Waals surface area (Å²) in [6.07, 6.45) is 1.94. The molecule has 1 rings (SSSR count). The molecule has 0 aliphatic rings. The number of nitrogens with zero attached hydrogens (tertiary/aromatic N) is 1. The lowest BCUT2D eigenvalue weighted by molar-refractivity contribution is 0.908. The summed E-state index contributed by atoms with van der Waals surface area (Å²) in [5.41, 5.74) is 0.325. The number of hydrogen-bond donors (Lipinski definition) is 1. The van der Waals surface area contributed by atoms with Crippen LogP contribution in [0.2, 0.25) is 5.15 Å². The van der Waals surface area contributed by atoms with Gasteiger partial charge in [-0.05, 0) is 6.92 Å². The Bertz CT molecular complexity index is 333. The minimum absolute atomic E-state index is 0.151. The Labute approximate surface area is 89.5 Å². The quantitative estimate of drug-likeness (QED) is 0.734. The van der Waals surface area contributed by atoms with Crippen LogP contribution in [0.3, 0.4) is 0 Å². The lowest BCUT2D eigenvalue weighted by Crippen LogP contribution is -2.14. The van der Waals surface area contributed by atoms with Gasteiger partial charge in [-0.2, -0.15) is 0 Å². The molecule has 0 aliphatic carbocycles. The van der Waals surface area contributed by atoms with Crippen molar-refractivity contribution < 1.29 is 0 Å². The summed E-state index contributed by atoms with van der Waals surface area (Å²) in [4.78, 5) is 17.6. The summed E-state index contributed by atoms with van der Waals surface area (Å²) in [6.45, 7) is 7.80. The first kappa shape index (κ1) is 13.2. The summed E-state index contributed by atoms with van der Waals surface area (Å²) in [5.74, 6) is 0.630. The molecule has 0 radical (unpaired) electrons. The zero-order valence-electron chi connectivity index (χ0n) is 9.15. The largest absolute Gasteiger partial charge is 0.310 e. The van der Waals surface area contributed by atoms with Gasteiger partial charge in [0.1, 0.15) is 11.0 Å². The Hall–Kier alpha value is -0.830. The summed E-state index contributed by atoms with van der Waals surface area (Å²) >= 11 is 5.67. The summed E-state index contributed by atoms with van der Waals surface area (Å²) in [5, 5.41) is 0.297. The van der Waals surface area contributed by atoms with E-state index in [0.29, 0.717) is 23.0 Å². The van der Waals surface area contributed by atoms with Gasteiger partial charge < -0.3 is 4.98 Å². The van der Waals surface area contributed by atoms with Gasteiger partial charge >= 0.3 is 0 Å². The molecule has 1 aromatic heterocycles. The standard InChI is InChI=1S/C7H9ClN2O.C3H8/c1-3-5-9-6(8)4(2)7(11)10-5;1-3-2/h3H2,1-2H3,(H,9,10,11);3H2,1-2H3. The zero-order chi connectivity index (χ0) is 11.1. The van der Waals surface area contributed by atoms with E-state index in [4.69, 9.17) is 11.6 Å². The van der Waals surface area contributed by atoms with Crippen molar-refractivity contribution in [1.82, 2.24) is 9.97 Å². The van der Waals surface area contributed by atoms with E-state index < -0.39 is 0 Å². The number of nitrogens with one attached hydrogen (secondary N) is 1. The monoisotopic (exact) mass is 216 g/mol. The van der Waals surface area contributed by atoms with E-state index in [-0.39, 0.29) is 5.56 Å². The van der Waals surface area contributed by atoms with Gasteiger partial charge in [0, 0.05) is 6.42 Å². The minimum Gasteiger partial charge on any atom is -0.310 e. The van der Waals surface area contributed by atoms with Crippen molar-refractivity contribution in [1.29, 1.82) is 0 Å². The van der Waals surface area contributed by atoms with Gasteiger partial charge in [-0.15, -0.1) is 0 Å². The molecule has 4 heteroatoms. The van der Waals surface area contributed by atoms with Crippen LogP contribution in [0.4, 0.5) is 0 Å². The molecule has 0 amide bonds. The van der Waals surface area contributed by atoms with Gasteiger partial charge in [0.05, 0.1) is 5.56 Å². The third kappa shape index (κ3) is 3.92. The molecular formula is C10H17ClN2O. The van der Waals surface area contributed by atoms with Crippen LogP contribution in [0, 0.1) is 6.92 Å². The molecule has 0 saturated heterocycles. The summed E-state index contributed by atoms with van der Waals surface area (Å²) in [6, 6.07) is 0. The minimum atomic E-state index is -0.151. The smallest absolute Gasteiger partial charge is 0.255 e. The van der Waals surface area contributed by atoms with Gasteiger partial charge in [-0.25, -0.2) is 4.98 Å². The second kappa shape index (κ2) is 6.60. The highest BCUT2D eigenvalue weighted by atomic mass is 35.5. The maximum atomic E-state index is 11.0. The Kier molecular flexibility index (Phi) is 6.21. The van der Waals surface area contributed by atoms with Crippen molar-refractivity contribution in [2.75, 3.05) is 0 Å². The summed E-state index contributed by atoms with van der Waals surface area (Å²) < 4.78 is 0. The van der Waals surface area contributed by atoms with E-state index in [1.807, 2.05) is 6.92 Å². The molecule has 0 fully saturated rings. The van der Waals surface area contributed by atoms with Crippen LogP contribution in [0.15, 0.2) is 4.79 Å². The van der Waals surface area contributed by atoms with E-state index >= 15 is 0 Å². The zero-order valence-corrected chi connectivity index (χ0v) is 9.90. The molecule has 0 aromatic carbocycles. The van der Waals surface area contributed by atoms with Gasteiger partial charge in [0.25, 0.3) is 5.56 Å². The van der Waals surface area contributed by atoms with Gasteiger partial charge in [-0.3, -0.25) is 4.79 Å². The van der Waals surface area contributed by atoms with Crippen molar-refractivity contribution in [3.63, 3.8) is 0 Å². The maximum Gasteiger partial charge on any atom is 0.255 e. The van der Waals surface area contributed by atoms with E-state index in [1.54, 1.807) is 6.92 Å². The lowest BCUT2D eigenvalue weighted by atomic mass is 10.3. The third-order valence-corrected chi connectivity index (χ3v) is 1.84. The van der Waals surface area contributed by atoms with Gasteiger partial charge in [0.15, 0.2) is 0 Å². The Balaban J connectivity index is 0.000000500. The average Bonchev–Trinajstić information content (AvgIpc) is 2.14. The van der Waals surface area contributed by atoms with Crippen molar-refractivity contribution >= 4 is 11.6 Å². The first-order valence-electron chi connectivity index (χ1n) is 4.82. The molecule has 80 valence electrons. The highest BCUT2D eigenvalue weighted by Gasteiger charge is 2.02. The molecule has 0 aliphatic heterocycles. The average molecular weight is 217 g/mol. The second-order valence-electron chi connectivity index (χ2n) is 2.99. The lowest BCUT2D eigenvalue weighted by Gasteiger charge is -1.98. The molecule has 0 atom stereocenters. The number of H-pyrrole nitrogens is 1. The van der Waals surface area contributed by atoms with Crippen LogP contribution < -0.4 is 5.56 Å². The molecular weight excluding hydrogens is 200 g/mol. The normalized spacial score (nSPS) is 9.21. The topological polar surface area (TPSA) is 45.8 Å². The fourth-order valence-electron chi connectivity index (χ4n) is 0.716. The molecule has 0 bridgehead atoms. The Morgan fingerprint density at radius 3 is 2.21 bits per heavy atom. The number of aromatic amines is 1. The van der Waals surface area contributed by atoms with Crippen molar-refractivity contribution in [3.05, 3.63) is 26.9 Å². The van der Waals surface area contributed by atoms with Crippen molar-refractivity contribution in [2.45, 2.75) is 40.5 Å². The Morgan fingerprint density at radius 2 is 1.86 bits per heavy atom. The molecule has 1 aromatic rings. The number of aryl methyl sites for hydroxylation is 1. The predicted molar refractivity (Wildman–Crippen MR) is 59.9 cm³/mol. The predicted octanol–water partition coefficient (Wildman–Crippen LogP) is 2.71. The Morgan fingerprint density at radius 1 is 1.36 bits per heavy atom. The third-order valence-electron chi connectivity index (χ3n) is 1.48. The molecule has 0 spiro atoms. The van der Waals surface area contributed by atoms with Gasteiger partial charge in [0.2, 0.25) is 0 Å². The van der Waals surface area contributed by atoms with Crippen LogP contribution in [-0.2, 0) is 6.42 Å². The van der Waals surface area contributed by atoms with Crippen LogP contribution in [-0.4, -0.2) is 9.97 Å². The van der Waals surface area contributed by atoms with Gasteiger partial charge in [-0.1, -0.05) is 38.8 Å². The number of halogens is 1. The molecule has 0 saturated carbocycles. The first-order valence-corrected chi connectivity index (χ1v) is 5.19.